The van der Waals surface area contributed by atoms with Crippen molar-refractivity contribution < 1.29 is 0 Å². The number of nitrogens with one attached hydrogen (secondary N) is 1. The maximum atomic E-state index is 5.66. The predicted molar refractivity (Wildman–Crippen MR) is 36.0 cm³/mol. The van der Waals surface area contributed by atoms with Gasteiger partial charge in [0.25, 0.3) is 0 Å². The summed E-state index contributed by atoms with van der Waals surface area (Å²) in [6.45, 7) is 2.07. The molecular formula is C5H11N5. The molecule has 0 aliphatic heterocycles. The Hall–Kier alpha value is -0.970. The summed E-state index contributed by atoms with van der Waals surface area (Å²) in [5.74, 6) is 0.599. The number of hydrogen-bond acceptors (Lipinski definition) is 4. The molecular weight excluding hydrogens is 130 g/mol. The van der Waals surface area contributed by atoms with Gasteiger partial charge in [-0.1, -0.05) is 18.6 Å². The van der Waals surface area contributed by atoms with Gasteiger partial charge in [-0.2, -0.15) is 5.21 Å². The monoisotopic (exact) mass is 141 g/mol. The minimum Gasteiger partial charge on any atom is -0.321 e. The Bertz CT molecular complexity index is 170. The molecule has 1 atom stereocenters. The third-order valence-electron chi connectivity index (χ3n) is 1.29. The molecule has 1 aromatic rings. The average Bonchev–Trinajstić information content (AvgIpc) is 2.38. The van der Waals surface area contributed by atoms with Gasteiger partial charge in [0.05, 0.1) is 6.04 Å². The second kappa shape index (κ2) is 3.26. The number of aromatic amines is 1. The van der Waals surface area contributed by atoms with Crippen LogP contribution in [0.4, 0.5) is 0 Å². The summed E-state index contributed by atoms with van der Waals surface area (Å²) in [7, 11) is 0. The fourth-order valence-electron chi connectivity index (χ4n) is 0.767. The Morgan fingerprint density at radius 2 is 2.50 bits per heavy atom. The zero-order chi connectivity index (χ0) is 7.40. The van der Waals surface area contributed by atoms with Crippen LogP contribution < -0.4 is 5.73 Å². The van der Waals surface area contributed by atoms with Gasteiger partial charge in [-0.3, -0.25) is 0 Å². The largest absolute Gasteiger partial charge is 0.321 e. The van der Waals surface area contributed by atoms with Crippen molar-refractivity contribution in [3.63, 3.8) is 0 Å². The van der Waals surface area contributed by atoms with Gasteiger partial charge in [0.15, 0.2) is 5.82 Å². The summed E-state index contributed by atoms with van der Waals surface area (Å²) >= 11 is 0. The highest BCUT2D eigenvalue weighted by molar-refractivity contribution is 4.85. The van der Waals surface area contributed by atoms with Crippen LogP contribution in [0.2, 0.25) is 0 Å². The summed E-state index contributed by atoms with van der Waals surface area (Å²) in [5, 5.41) is 13.3. The molecule has 1 unspecified atom stereocenters. The standard InChI is InChI=1S/C5H11N5/c1-2-3-4(6)5-7-9-10-8-5/h4H,2-3,6H2,1H3,(H,7,8,9,10). The molecule has 10 heavy (non-hydrogen) atoms. The van der Waals surface area contributed by atoms with Gasteiger partial charge in [0.2, 0.25) is 0 Å². The average molecular weight is 141 g/mol. The second-order valence-electron chi connectivity index (χ2n) is 2.17. The highest BCUT2D eigenvalue weighted by Crippen LogP contribution is 2.07. The fourth-order valence-corrected chi connectivity index (χ4v) is 0.767. The molecule has 0 aliphatic rings. The Morgan fingerprint density at radius 1 is 1.70 bits per heavy atom. The first-order chi connectivity index (χ1) is 4.84. The zero-order valence-corrected chi connectivity index (χ0v) is 5.91. The SMILES string of the molecule is CCCC(N)c1nn[nH]n1. The van der Waals surface area contributed by atoms with Gasteiger partial charge in [-0.25, -0.2) is 0 Å². The van der Waals surface area contributed by atoms with E-state index >= 15 is 0 Å². The van der Waals surface area contributed by atoms with Crippen molar-refractivity contribution >= 4 is 0 Å². The van der Waals surface area contributed by atoms with Crippen molar-refractivity contribution in [2.24, 2.45) is 5.73 Å². The number of nitrogens with zero attached hydrogens (tertiary/aromatic N) is 3. The quantitative estimate of drug-likeness (QED) is 0.620. The smallest absolute Gasteiger partial charge is 0.191 e. The van der Waals surface area contributed by atoms with E-state index in [1.54, 1.807) is 0 Å². The van der Waals surface area contributed by atoms with Crippen molar-refractivity contribution in [3.05, 3.63) is 5.82 Å². The molecule has 0 radical (unpaired) electrons. The highest BCUT2D eigenvalue weighted by Gasteiger charge is 2.07. The van der Waals surface area contributed by atoms with Crippen molar-refractivity contribution in [2.75, 3.05) is 0 Å². The molecule has 0 bridgehead atoms. The Balaban J connectivity index is 2.50. The lowest BCUT2D eigenvalue weighted by Gasteiger charge is -2.01. The number of H-pyrrole nitrogens is 1. The lowest BCUT2D eigenvalue weighted by molar-refractivity contribution is 0.603. The van der Waals surface area contributed by atoms with Gasteiger partial charge in [-0.15, -0.1) is 10.2 Å². The number of aromatic nitrogens is 4. The molecule has 0 aliphatic carbocycles. The predicted octanol–water partition coefficient (Wildman–Crippen LogP) is -0.000400. The zero-order valence-electron chi connectivity index (χ0n) is 5.91. The van der Waals surface area contributed by atoms with Gasteiger partial charge in [0.1, 0.15) is 0 Å². The van der Waals surface area contributed by atoms with Crippen molar-refractivity contribution in [2.45, 2.75) is 25.8 Å². The highest BCUT2D eigenvalue weighted by atomic mass is 15.5. The Labute approximate surface area is 59.0 Å². The van der Waals surface area contributed by atoms with Crippen LogP contribution in [0.1, 0.15) is 31.6 Å². The summed E-state index contributed by atoms with van der Waals surface area (Å²) in [6.07, 6.45) is 1.94. The first kappa shape index (κ1) is 7.14. The molecule has 1 aromatic heterocycles. The van der Waals surface area contributed by atoms with Crippen LogP contribution in [-0.4, -0.2) is 20.6 Å². The van der Waals surface area contributed by atoms with E-state index in [1.807, 2.05) is 0 Å². The molecule has 0 saturated heterocycles. The summed E-state index contributed by atoms with van der Waals surface area (Å²) in [5.41, 5.74) is 5.66. The van der Waals surface area contributed by atoms with E-state index in [9.17, 15) is 0 Å². The van der Waals surface area contributed by atoms with E-state index in [1.165, 1.54) is 0 Å². The van der Waals surface area contributed by atoms with Crippen LogP contribution in [0, 0.1) is 0 Å². The molecule has 56 valence electrons. The number of rotatable bonds is 3. The molecule has 0 spiro atoms. The van der Waals surface area contributed by atoms with Gasteiger partial charge >= 0.3 is 0 Å². The first-order valence-corrected chi connectivity index (χ1v) is 3.33. The maximum Gasteiger partial charge on any atom is 0.191 e. The molecule has 0 saturated carbocycles. The van der Waals surface area contributed by atoms with Crippen molar-refractivity contribution in [1.29, 1.82) is 0 Å². The van der Waals surface area contributed by atoms with E-state index in [2.05, 4.69) is 27.5 Å². The maximum absolute atomic E-state index is 5.66. The van der Waals surface area contributed by atoms with Gasteiger partial charge in [-0.05, 0) is 6.42 Å². The minimum atomic E-state index is -0.0660. The van der Waals surface area contributed by atoms with E-state index in [-0.39, 0.29) is 6.04 Å². The Kier molecular flexibility index (Phi) is 2.33. The molecule has 1 heterocycles. The van der Waals surface area contributed by atoms with E-state index in [0.29, 0.717) is 5.82 Å². The first-order valence-electron chi connectivity index (χ1n) is 3.33. The third kappa shape index (κ3) is 1.51. The molecule has 1 rings (SSSR count). The summed E-state index contributed by atoms with van der Waals surface area (Å²) in [4.78, 5) is 0. The topological polar surface area (TPSA) is 80.5 Å². The van der Waals surface area contributed by atoms with E-state index in [4.69, 9.17) is 5.73 Å². The Morgan fingerprint density at radius 3 is 3.00 bits per heavy atom. The van der Waals surface area contributed by atoms with Crippen LogP contribution in [0.3, 0.4) is 0 Å². The number of tetrazole rings is 1. The van der Waals surface area contributed by atoms with Gasteiger partial charge in [0, 0.05) is 0 Å². The van der Waals surface area contributed by atoms with Crippen molar-refractivity contribution in [1.82, 2.24) is 20.6 Å². The third-order valence-corrected chi connectivity index (χ3v) is 1.29. The molecule has 0 fully saturated rings. The van der Waals surface area contributed by atoms with Crippen molar-refractivity contribution in [3.8, 4) is 0 Å². The van der Waals surface area contributed by atoms with Crippen LogP contribution >= 0.6 is 0 Å². The lowest BCUT2D eigenvalue weighted by atomic mass is 10.2. The van der Waals surface area contributed by atoms with Gasteiger partial charge < -0.3 is 5.73 Å². The normalized spacial score (nSPS) is 13.4. The molecule has 3 N–H and O–H groups in total. The summed E-state index contributed by atoms with van der Waals surface area (Å²) in [6, 6.07) is -0.0660. The summed E-state index contributed by atoms with van der Waals surface area (Å²) < 4.78 is 0. The second-order valence-corrected chi connectivity index (χ2v) is 2.17. The number of nitrogens with two attached hydrogens (primary N) is 1. The number of hydrogen-bond donors (Lipinski definition) is 2. The van der Waals surface area contributed by atoms with Crippen LogP contribution in [0.25, 0.3) is 0 Å². The fraction of sp³-hybridized carbons (Fsp3) is 0.800. The van der Waals surface area contributed by atoms with Crippen LogP contribution in [0.5, 0.6) is 0 Å². The molecule has 5 heteroatoms. The van der Waals surface area contributed by atoms with Crippen LogP contribution in [-0.2, 0) is 0 Å². The molecule has 5 nitrogen and oxygen atoms in total. The molecule has 0 aromatic carbocycles. The lowest BCUT2D eigenvalue weighted by Crippen LogP contribution is -2.11. The van der Waals surface area contributed by atoms with E-state index < -0.39 is 0 Å². The van der Waals surface area contributed by atoms with Crippen LogP contribution in [0.15, 0.2) is 0 Å². The minimum absolute atomic E-state index is 0.0660. The van der Waals surface area contributed by atoms with E-state index in [0.717, 1.165) is 12.8 Å². The molecule has 0 amide bonds.